The third-order valence-corrected chi connectivity index (χ3v) is 12.8. The number of aryl methyl sites for hydroxylation is 1. The Labute approximate surface area is 346 Å². The molecule has 280 valence electrons. The summed E-state index contributed by atoms with van der Waals surface area (Å²) in [6, 6.07) is 85.4. The van der Waals surface area contributed by atoms with E-state index < -0.39 is 5.41 Å². The molecule has 1 aromatic heterocycles. The molecule has 10 aromatic rings. The van der Waals surface area contributed by atoms with Crippen molar-refractivity contribution in [3.63, 3.8) is 0 Å². The predicted octanol–water partition coefficient (Wildman–Crippen LogP) is 14.6. The number of aromatic nitrogens is 1. The summed E-state index contributed by atoms with van der Waals surface area (Å²) in [5.41, 5.74) is 17.7. The lowest BCUT2D eigenvalue weighted by Crippen LogP contribution is -2.28. The first-order valence-corrected chi connectivity index (χ1v) is 20.9. The van der Waals surface area contributed by atoms with Gasteiger partial charge in [0, 0.05) is 22.4 Å². The molecule has 0 saturated carbocycles. The van der Waals surface area contributed by atoms with Crippen LogP contribution in [0.25, 0.3) is 49.7 Å². The van der Waals surface area contributed by atoms with Gasteiger partial charge in [0.05, 0.1) is 16.4 Å². The highest BCUT2D eigenvalue weighted by molar-refractivity contribution is 6.10. The molecule has 0 bridgehead atoms. The minimum Gasteiger partial charge on any atom is -0.309 e. The summed E-state index contributed by atoms with van der Waals surface area (Å²) in [6.45, 7) is 0. The van der Waals surface area contributed by atoms with Crippen LogP contribution >= 0.6 is 0 Å². The zero-order valence-corrected chi connectivity index (χ0v) is 32.9. The molecule has 1 aliphatic carbocycles. The maximum atomic E-state index is 2.54. The van der Waals surface area contributed by atoms with Gasteiger partial charge in [0.25, 0.3) is 0 Å². The van der Waals surface area contributed by atoms with Gasteiger partial charge in [-0.15, -0.1) is 0 Å². The number of hydrogen-bond donors (Lipinski definition) is 0. The van der Waals surface area contributed by atoms with E-state index in [1.54, 1.807) is 0 Å². The Hall–Kier alpha value is -7.22. The van der Waals surface area contributed by atoms with Gasteiger partial charge in [-0.1, -0.05) is 200 Å². The summed E-state index contributed by atoms with van der Waals surface area (Å²) >= 11 is 0. The van der Waals surface area contributed by atoms with E-state index in [4.69, 9.17) is 0 Å². The van der Waals surface area contributed by atoms with Gasteiger partial charge in [-0.3, -0.25) is 0 Å². The number of fused-ring (bicyclic) bond motifs is 6. The molecule has 1 nitrogen and oxygen atoms in total. The van der Waals surface area contributed by atoms with Crippen molar-refractivity contribution < 1.29 is 0 Å². The van der Waals surface area contributed by atoms with E-state index >= 15 is 0 Å². The molecule has 0 spiro atoms. The highest BCUT2D eigenvalue weighted by Gasteiger charge is 2.46. The molecule has 59 heavy (non-hydrogen) atoms. The van der Waals surface area contributed by atoms with Gasteiger partial charge >= 0.3 is 0 Å². The smallest absolute Gasteiger partial charge is 0.0713 e. The normalized spacial score (nSPS) is 13.3. The molecule has 0 saturated heterocycles. The topological polar surface area (TPSA) is 4.93 Å². The van der Waals surface area contributed by atoms with Crippen molar-refractivity contribution in [2.45, 2.75) is 24.2 Å². The summed E-state index contributed by atoms with van der Waals surface area (Å²) in [7, 11) is 0. The second kappa shape index (κ2) is 14.6. The number of benzene rings is 9. The van der Waals surface area contributed by atoms with Crippen LogP contribution in [0.4, 0.5) is 0 Å². The molecule has 1 atom stereocenters. The lowest BCUT2D eigenvalue weighted by Gasteiger charge is -2.34. The Kier molecular flexibility index (Phi) is 8.67. The molecule has 11 rings (SSSR count). The maximum Gasteiger partial charge on any atom is 0.0713 e. The summed E-state index contributed by atoms with van der Waals surface area (Å²) in [4.78, 5) is 0. The van der Waals surface area contributed by atoms with Crippen molar-refractivity contribution in [3.8, 4) is 27.9 Å². The highest BCUT2D eigenvalue weighted by atomic mass is 15.0. The van der Waals surface area contributed by atoms with E-state index in [0.29, 0.717) is 0 Å². The number of hydrogen-bond acceptors (Lipinski definition) is 0. The van der Waals surface area contributed by atoms with Crippen LogP contribution < -0.4 is 0 Å². The summed E-state index contributed by atoms with van der Waals surface area (Å²) < 4.78 is 2.38. The van der Waals surface area contributed by atoms with Crippen LogP contribution in [0.2, 0.25) is 0 Å². The highest BCUT2D eigenvalue weighted by Crippen LogP contribution is 2.56. The first-order chi connectivity index (χ1) is 29.3. The summed E-state index contributed by atoms with van der Waals surface area (Å²) in [5, 5.41) is 2.55. The van der Waals surface area contributed by atoms with Gasteiger partial charge in [0.15, 0.2) is 0 Å². The lowest BCUT2D eigenvalue weighted by molar-refractivity contribution is 0.708. The molecule has 0 amide bonds. The molecular formula is C58H43N. The average Bonchev–Trinajstić information content (AvgIpc) is 3.81. The molecule has 1 heteroatoms. The largest absolute Gasteiger partial charge is 0.309 e. The Morgan fingerprint density at radius 3 is 1.69 bits per heavy atom. The van der Waals surface area contributed by atoms with Crippen LogP contribution in [-0.2, 0) is 11.8 Å². The molecule has 1 unspecified atom stereocenters. The van der Waals surface area contributed by atoms with Gasteiger partial charge in [0.2, 0.25) is 0 Å². The Morgan fingerprint density at radius 2 is 0.966 bits per heavy atom. The third kappa shape index (κ3) is 5.84. The number of rotatable bonds is 9. The van der Waals surface area contributed by atoms with Crippen LogP contribution in [0.1, 0.15) is 51.3 Å². The lowest BCUT2D eigenvalue weighted by atomic mass is 9.67. The van der Waals surface area contributed by atoms with Gasteiger partial charge in [-0.25, -0.2) is 0 Å². The molecule has 9 aromatic carbocycles. The fraction of sp³-hybridized carbons (Fsp3) is 0.0690. The van der Waals surface area contributed by atoms with E-state index in [2.05, 4.69) is 235 Å². The van der Waals surface area contributed by atoms with Crippen LogP contribution in [0.5, 0.6) is 0 Å². The average molecular weight is 754 g/mol. The van der Waals surface area contributed by atoms with Gasteiger partial charge in [0.1, 0.15) is 0 Å². The van der Waals surface area contributed by atoms with Crippen LogP contribution in [0.15, 0.2) is 231 Å². The van der Waals surface area contributed by atoms with Crippen LogP contribution in [-0.4, -0.2) is 4.57 Å². The van der Waals surface area contributed by atoms with Crippen molar-refractivity contribution in [2.24, 2.45) is 0 Å². The zero-order valence-electron chi connectivity index (χ0n) is 32.9. The van der Waals surface area contributed by atoms with Gasteiger partial charge < -0.3 is 4.57 Å². The Balaban J connectivity index is 0.946. The van der Waals surface area contributed by atoms with Crippen LogP contribution in [0.3, 0.4) is 0 Å². The van der Waals surface area contributed by atoms with E-state index in [9.17, 15) is 0 Å². The van der Waals surface area contributed by atoms with E-state index in [0.717, 1.165) is 12.8 Å². The molecule has 0 aliphatic heterocycles. The second-order valence-corrected chi connectivity index (χ2v) is 16.0. The number of para-hydroxylation sites is 2. The fourth-order valence-corrected chi connectivity index (χ4v) is 10.1. The molecule has 1 aliphatic rings. The van der Waals surface area contributed by atoms with Gasteiger partial charge in [-0.2, -0.15) is 0 Å². The molecule has 0 radical (unpaired) electrons. The number of nitrogens with zero attached hydrogens (tertiary/aromatic N) is 1. The molecular weight excluding hydrogens is 711 g/mol. The van der Waals surface area contributed by atoms with Crippen molar-refractivity contribution in [2.75, 3.05) is 0 Å². The van der Waals surface area contributed by atoms with Crippen molar-refractivity contribution in [1.29, 1.82) is 0 Å². The van der Waals surface area contributed by atoms with E-state index in [1.165, 1.54) is 88.7 Å². The standard InChI is InChI=1S/C58H43N/c1-5-17-43(18-6-1)49(45-34-37-51-50-25-13-15-27-54(50)58(55(51)40-45,46-19-7-2-8-20-46)47-21-9-3-10-22-47)36-31-41-29-32-42(33-30-41)44-35-38-57-53(39-44)52-26-14-16-28-56(52)59(57)48-23-11-4-12-24-48/h1-30,32-35,37-40,49H,31,36H2. The fourth-order valence-electron chi connectivity index (χ4n) is 10.1. The van der Waals surface area contributed by atoms with Crippen molar-refractivity contribution in [3.05, 3.63) is 269 Å². The summed E-state index contributed by atoms with van der Waals surface area (Å²) in [5.74, 6) is 0.235. The van der Waals surface area contributed by atoms with Crippen molar-refractivity contribution >= 4 is 21.8 Å². The van der Waals surface area contributed by atoms with Crippen molar-refractivity contribution in [1.82, 2.24) is 4.57 Å². The quantitative estimate of drug-likeness (QED) is 0.138. The maximum absolute atomic E-state index is 2.54. The SMILES string of the molecule is c1ccc(C(CCc2ccc(-c3ccc4c(c3)c3ccccc3n4-c3ccccc3)cc2)c2ccc3c(c2)C(c2ccccc2)(c2ccccc2)c2ccccc2-3)cc1. The predicted molar refractivity (Wildman–Crippen MR) is 247 cm³/mol. The molecule has 0 N–H and O–H groups in total. The van der Waals surface area contributed by atoms with Gasteiger partial charge in [-0.05, 0) is 104 Å². The first-order valence-electron chi connectivity index (χ1n) is 20.9. The Morgan fingerprint density at radius 1 is 0.390 bits per heavy atom. The van der Waals surface area contributed by atoms with E-state index in [1.807, 2.05) is 0 Å². The third-order valence-electron chi connectivity index (χ3n) is 12.8. The second-order valence-electron chi connectivity index (χ2n) is 16.0. The molecule has 0 fully saturated rings. The monoisotopic (exact) mass is 753 g/mol. The minimum atomic E-state index is -0.416. The minimum absolute atomic E-state index is 0.235. The Bertz CT molecular complexity index is 3030. The van der Waals surface area contributed by atoms with E-state index in [-0.39, 0.29) is 5.92 Å². The first kappa shape index (κ1) is 35.0. The van der Waals surface area contributed by atoms with Crippen LogP contribution in [0, 0.1) is 0 Å². The summed E-state index contributed by atoms with van der Waals surface area (Å²) in [6.07, 6.45) is 1.98. The molecule has 1 heterocycles. The zero-order chi connectivity index (χ0) is 39.2.